The summed E-state index contributed by atoms with van der Waals surface area (Å²) in [5.41, 5.74) is 6.73. The van der Waals surface area contributed by atoms with Crippen LogP contribution in [0.2, 0.25) is 0 Å². The molecule has 0 atom stereocenters. The summed E-state index contributed by atoms with van der Waals surface area (Å²) < 4.78 is 0. The SMILES string of the molecule is C=C(C)C(=O)N/C(=C/C(N)=O)c1ccc(C#N)cc1. The van der Waals surface area contributed by atoms with Gasteiger partial charge in [0.2, 0.25) is 5.91 Å². The van der Waals surface area contributed by atoms with Gasteiger partial charge in [-0.2, -0.15) is 5.26 Å². The molecule has 0 bridgehead atoms. The van der Waals surface area contributed by atoms with Gasteiger partial charge in [-0.15, -0.1) is 0 Å². The molecular weight excluding hydrogens is 242 g/mol. The zero-order chi connectivity index (χ0) is 14.4. The van der Waals surface area contributed by atoms with Crippen LogP contribution in [0.25, 0.3) is 5.70 Å². The highest BCUT2D eigenvalue weighted by Gasteiger charge is 2.08. The maximum absolute atomic E-state index is 11.6. The van der Waals surface area contributed by atoms with Crippen LogP contribution in [0.5, 0.6) is 0 Å². The van der Waals surface area contributed by atoms with E-state index in [1.165, 1.54) is 0 Å². The average Bonchev–Trinajstić information content (AvgIpc) is 2.37. The van der Waals surface area contributed by atoms with Crippen LogP contribution in [0.1, 0.15) is 18.1 Å². The van der Waals surface area contributed by atoms with E-state index in [9.17, 15) is 9.59 Å². The van der Waals surface area contributed by atoms with E-state index in [1.807, 2.05) is 6.07 Å². The number of hydrogen-bond donors (Lipinski definition) is 2. The molecule has 0 aliphatic carbocycles. The second-order valence-corrected chi connectivity index (χ2v) is 3.88. The van der Waals surface area contributed by atoms with Crippen molar-refractivity contribution in [2.75, 3.05) is 0 Å². The quantitative estimate of drug-likeness (QED) is 0.788. The number of benzene rings is 1. The van der Waals surface area contributed by atoms with E-state index in [4.69, 9.17) is 11.0 Å². The number of hydrogen-bond acceptors (Lipinski definition) is 3. The third-order valence-electron chi connectivity index (χ3n) is 2.25. The lowest BCUT2D eigenvalue weighted by Crippen LogP contribution is -2.23. The van der Waals surface area contributed by atoms with Gasteiger partial charge in [-0.25, -0.2) is 0 Å². The number of primary amides is 1. The first-order valence-corrected chi connectivity index (χ1v) is 5.42. The predicted octanol–water partition coefficient (Wildman–Crippen LogP) is 1.08. The molecule has 1 rings (SSSR count). The number of carbonyl (C=O) groups is 2. The van der Waals surface area contributed by atoms with Crippen molar-refractivity contribution in [3.05, 3.63) is 53.6 Å². The monoisotopic (exact) mass is 255 g/mol. The average molecular weight is 255 g/mol. The second-order valence-electron chi connectivity index (χ2n) is 3.88. The van der Waals surface area contributed by atoms with Crippen LogP contribution in [0.4, 0.5) is 0 Å². The number of nitriles is 1. The van der Waals surface area contributed by atoms with Gasteiger partial charge < -0.3 is 11.1 Å². The highest BCUT2D eigenvalue weighted by molar-refractivity contribution is 6.02. The van der Waals surface area contributed by atoms with Crippen molar-refractivity contribution >= 4 is 17.5 Å². The van der Waals surface area contributed by atoms with Crippen LogP contribution in [-0.4, -0.2) is 11.8 Å². The molecule has 1 aromatic carbocycles. The predicted molar refractivity (Wildman–Crippen MR) is 71.3 cm³/mol. The molecule has 2 amide bonds. The minimum Gasteiger partial charge on any atom is -0.366 e. The van der Waals surface area contributed by atoms with Crippen molar-refractivity contribution in [1.29, 1.82) is 5.26 Å². The molecule has 5 nitrogen and oxygen atoms in total. The Morgan fingerprint density at radius 3 is 2.37 bits per heavy atom. The van der Waals surface area contributed by atoms with Gasteiger partial charge in [-0.1, -0.05) is 18.7 Å². The Morgan fingerprint density at radius 2 is 1.95 bits per heavy atom. The summed E-state index contributed by atoms with van der Waals surface area (Å²) in [6, 6.07) is 8.38. The Balaban J connectivity index is 3.10. The first kappa shape index (κ1) is 14.2. The minimum absolute atomic E-state index is 0.269. The van der Waals surface area contributed by atoms with Gasteiger partial charge in [-0.3, -0.25) is 9.59 Å². The van der Waals surface area contributed by atoms with Crippen LogP contribution >= 0.6 is 0 Å². The molecule has 0 fully saturated rings. The number of rotatable bonds is 4. The van der Waals surface area contributed by atoms with E-state index in [0.717, 1.165) is 6.08 Å². The number of amides is 2. The maximum Gasteiger partial charge on any atom is 0.250 e. The van der Waals surface area contributed by atoms with Crippen molar-refractivity contribution in [3.63, 3.8) is 0 Å². The Hall–Kier alpha value is -2.87. The zero-order valence-electron chi connectivity index (χ0n) is 10.4. The lowest BCUT2D eigenvalue weighted by atomic mass is 10.1. The number of carbonyl (C=O) groups excluding carboxylic acids is 2. The second kappa shape index (κ2) is 6.17. The Kier molecular flexibility index (Phi) is 4.61. The first-order chi connectivity index (χ1) is 8.93. The van der Waals surface area contributed by atoms with Gasteiger partial charge in [0.25, 0.3) is 5.91 Å². The molecule has 0 spiro atoms. The number of nitrogens with one attached hydrogen (secondary N) is 1. The number of nitrogens with zero attached hydrogens (tertiary/aromatic N) is 1. The summed E-state index contributed by atoms with van der Waals surface area (Å²) in [4.78, 5) is 22.6. The highest BCUT2D eigenvalue weighted by Crippen LogP contribution is 2.13. The lowest BCUT2D eigenvalue weighted by molar-refractivity contribution is -0.116. The van der Waals surface area contributed by atoms with Crippen LogP contribution in [-0.2, 0) is 9.59 Å². The van der Waals surface area contributed by atoms with Gasteiger partial charge in [0.05, 0.1) is 17.3 Å². The summed E-state index contributed by atoms with van der Waals surface area (Å²) in [6.07, 6.45) is 1.11. The van der Waals surface area contributed by atoms with E-state index in [1.54, 1.807) is 31.2 Å². The minimum atomic E-state index is -0.679. The van der Waals surface area contributed by atoms with Crippen LogP contribution < -0.4 is 11.1 Å². The fourth-order valence-electron chi connectivity index (χ4n) is 1.29. The molecule has 0 aliphatic rings. The summed E-state index contributed by atoms with van der Waals surface area (Å²) in [5, 5.41) is 11.3. The fraction of sp³-hybridized carbons (Fsp3) is 0.0714. The Morgan fingerprint density at radius 1 is 1.37 bits per heavy atom. The molecule has 1 aromatic rings. The molecule has 0 aliphatic heterocycles. The third kappa shape index (κ3) is 4.13. The molecule has 5 heteroatoms. The van der Waals surface area contributed by atoms with Gasteiger partial charge in [0, 0.05) is 11.6 Å². The molecule has 19 heavy (non-hydrogen) atoms. The molecule has 0 aromatic heterocycles. The number of nitrogens with two attached hydrogens (primary N) is 1. The topological polar surface area (TPSA) is 96.0 Å². The lowest BCUT2D eigenvalue weighted by Gasteiger charge is -2.09. The molecule has 0 saturated carbocycles. The normalized spacial score (nSPS) is 10.4. The highest BCUT2D eigenvalue weighted by atomic mass is 16.2. The Bertz CT molecular complexity index is 592. The van der Waals surface area contributed by atoms with Crippen molar-refractivity contribution in [1.82, 2.24) is 5.32 Å². The van der Waals surface area contributed by atoms with Crippen LogP contribution in [0.15, 0.2) is 42.5 Å². The Labute approximate surface area is 111 Å². The van der Waals surface area contributed by atoms with E-state index in [0.29, 0.717) is 16.7 Å². The van der Waals surface area contributed by atoms with Crippen molar-refractivity contribution < 1.29 is 9.59 Å². The van der Waals surface area contributed by atoms with Crippen molar-refractivity contribution in [3.8, 4) is 6.07 Å². The summed E-state index contributed by atoms with van der Waals surface area (Å²) in [7, 11) is 0. The van der Waals surface area contributed by atoms with E-state index >= 15 is 0 Å². The van der Waals surface area contributed by atoms with Crippen molar-refractivity contribution in [2.45, 2.75) is 6.92 Å². The van der Waals surface area contributed by atoms with Gasteiger partial charge >= 0.3 is 0 Å². The molecule has 0 saturated heterocycles. The summed E-state index contributed by atoms with van der Waals surface area (Å²) in [6.45, 7) is 5.06. The standard InChI is InChI=1S/C14H13N3O2/c1-9(2)14(19)17-12(7-13(16)18)11-5-3-10(8-15)4-6-11/h3-7H,1H2,2H3,(H2,16,18)(H,17,19)/b12-7+. The largest absolute Gasteiger partial charge is 0.366 e. The van der Waals surface area contributed by atoms with Gasteiger partial charge in [-0.05, 0) is 24.6 Å². The summed E-state index contributed by atoms with van der Waals surface area (Å²) >= 11 is 0. The maximum atomic E-state index is 11.6. The molecular formula is C14H13N3O2. The van der Waals surface area contributed by atoms with E-state index in [2.05, 4.69) is 11.9 Å². The molecule has 0 heterocycles. The first-order valence-electron chi connectivity index (χ1n) is 5.42. The molecule has 0 unspecified atom stereocenters. The van der Waals surface area contributed by atoms with E-state index in [-0.39, 0.29) is 5.70 Å². The van der Waals surface area contributed by atoms with Crippen LogP contribution in [0.3, 0.4) is 0 Å². The van der Waals surface area contributed by atoms with Gasteiger partial charge in [0.1, 0.15) is 0 Å². The van der Waals surface area contributed by atoms with Crippen molar-refractivity contribution in [2.24, 2.45) is 5.73 Å². The third-order valence-corrected chi connectivity index (χ3v) is 2.25. The molecule has 0 radical (unpaired) electrons. The summed E-state index contributed by atoms with van der Waals surface area (Å²) in [5.74, 6) is -1.08. The fourth-order valence-corrected chi connectivity index (χ4v) is 1.29. The van der Waals surface area contributed by atoms with Crippen LogP contribution in [0, 0.1) is 11.3 Å². The zero-order valence-corrected chi connectivity index (χ0v) is 10.4. The molecule has 3 N–H and O–H groups in total. The van der Waals surface area contributed by atoms with Gasteiger partial charge in [0.15, 0.2) is 0 Å². The smallest absolute Gasteiger partial charge is 0.250 e. The van der Waals surface area contributed by atoms with E-state index < -0.39 is 11.8 Å². The molecule has 96 valence electrons.